The van der Waals surface area contributed by atoms with Crippen molar-refractivity contribution in [3.05, 3.63) is 75.5 Å². The Kier molecular flexibility index (Phi) is 5.99. The Bertz CT molecular complexity index is 1090. The molecule has 0 unspecified atom stereocenters. The molecule has 6 nitrogen and oxygen atoms in total. The summed E-state index contributed by atoms with van der Waals surface area (Å²) in [4.78, 5) is 26.3. The number of hydrogen-bond acceptors (Lipinski definition) is 5. The summed E-state index contributed by atoms with van der Waals surface area (Å²) in [5, 5.41) is 11.5. The van der Waals surface area contributed by atoms with Crippen molar-refractivity contribution in [3.8, 4) is 0 Å². The maximum absolute atomic E-state index is 13.9. The molecule has 31 heavy (non-hydrogen) atoms. The Balaban J connectivity index is 1.37. The smallest absolute Gasteiger partial charge is 0.286 e. The summed E-state index contributed by atoms with van der Waals surface area (Å²) in [6, 6.07) is 8.70. The topological polar surface area (TPSA) is 75.2 Å². The van der Waals surface area contributed by atoms with Crippen molar-refractivity contribution in [3.63, 3.8) is 0 Å². The Hall–Kier alpha value is -3.27. The highest BCUT2D eigenvalue weighted by Crippen LogP contribution is 2.31. The number of halogens is 3. The van der Waals surface area contributed by atoms with Crippen LogP contribution in [0.2, 0.25) is 0 Å². The lowest BCUT2D eigenvalue weighted by molar-refractivity contribution is 0.0702. The van der Waals surface area contributed by atoms with Gasteiger partial charge >= 0.3 is 0 Å². The Labute approximate surface area is 179 Å². The first kappa shape index (κ1) is 21.0. The first-order chi connectivity index (χ1) is 14.9. The van der Waals surface area contributed by atoms with E-state index in [0.717, 1.165) is 23.5 Å². The molecule has 1 aliphatic rings. The van der Waals surface area contributed by atoms with Crippen LogP contribution in [0.15, 0.2) is 42.5 Å². The highest BCUT2D eigenvalue weighted by Gasteiger charge is 2.30. The van der Waals surface area contributed by atoms with Gasteiger partial charge in [0.05, 0.1) is 0 Å². The maximum Gasteiger partial charge on any atom is 0.286 e. The summed E-state index contributed by atoms with van der Waals surface area (Å²) in [5.41, 5.74) is -0.105. The van der Waals surface area contributed by atoms with Crippen LogP contribution in [0.5, 0.6) is 0 Å². The predicted molar refractivity (Wildman–Crippen MR) is 108 cm³/mol. The second-order valence-electron chi connectivity index (χ2n) is 7.07. The first-order valence-electron chi connectivity index (χ1n) is 9.56. The van der Waals surface area contributed by atoms with Gasteiger partial charge in [-0.25, -0.2) is 13.2 Å². The summed E-state index contributed by atoms with van der Waals surface area (Å²) >= 11 is 1.15. The molecule has 1 aliphatic heterocycles. The molecule has 2 heterocycles. The van der Waals surface area contributed by atoms with Crippen LogP contribution in [0.1, 0.15) is 43.9 Å². The van der Waals surface area contributed by atoms with Crippen molar-refractivity contribution in [2.75, 3.05) is 18.4 Å². The number of hydrogen-bond donors (Lipinski definition) is 1. The first-order valence-corrected chi connectivity index (χ1v) is 10.4. The normalized spacial score (nSPS) is 14.5. The summed E-state index contributed by atoms with van der Waals surface area (Å²) in [5.74, 6) is -3.30. The Morgan fingerprint density at radius 1 is 0.968 bits per heavy atom. The number of carbonyl (C=O) groups excluding carboxylic acids is 2. The van der Waals surface area contributed by atoms with Crippen LogP contribution in [-0.4, -0.2) is 40.0 Å². The van der Waals surface area contributed by atoms with Gasteiger partial charge in [-0.1, -0.05) is 17.4 Å². The fourth-order valence-electron chi connectivity index (χ4n) is 3.40. The summed E-state index contributed by atoms with van der Waals surface area (Å²) in [7, 11) is 0. The molecule has 2 amide bonds. The highest BCUT2D eigenvalue weighted by molar-refractivity contribution is 7.13. The Morgan fingerprint density at radius 2 is 1.61 bits per heavy atom. The van der Waals surface area contributed by atoms with E-state index in [0.29, 0.717) is 36.6 Å². The van der Waals surface area contributed by atoms with Crippen LogP contribution in [-0.2, 0) is 0 Å². The molecule has 10 heteroatoms. The van der Waals surface area contributed by atoms with Crippen LogP contribution in [0, 0.1) is 17.5 Å². The van der Waals surface area contributed by atoms with Gasteiger partial charge in [-0.15, -0.1) is 10.2 Å². The van der Waals surface area contributed by atoms with Crippen LogP contribution in [0.4, 0.5) is 18.9 Å². The van der Waals surface area contributed by atoms with Crippen LogP contribution < -0.4 is 5.32 Å². The van der Waals surface area contributed by atoms with Gasteiger partial charge < -0.3 is 10.2 Å². The van der Waals surface area contributed by atoms with Gasteiger partial charge in [-0.3, -0.25) is 9.59 Å². The van der Waals surface area contributed by atoms with E-state index in [1.165, 1.54) is 35.2 Å². The molecule has 1 saturated heterocycles. The van der Waals surface area contributed by atoms with E-state index >= 15 is 0 Å². The molecule has 4 rings (SSSR count). The summed E-state index contributed by atoms with van der Waals surface area (Å²) < 4.78 is 40.8. The zero-order valence-corrected chi connectivity index (χ0v) is 17.0. The predicted octanol–water partition coefficient (Wildman–Crippen LogP) is 4.23. The van der Waals surface area contributed by atoms with Gasteiger partial charge in [0.25, 0.3) is 11.8 Å². The number of amides is 2. The van der Waals surface area contributed by atoms with Gasteiger partial charge in [0.2, 0.25) is 5.01 Å². The lowest BCUT2D eigenvalue weighted by Gasteiger charge is -2.31. The summed E-state index contributed by atoms with van der Waals surface area (Å²) in [6.07, 6.45) is 1.08. The van der Waals surface area contributed by atoms with Crippen LogP contribution in [0.25, 0.3) is 0 Å². The van der Waals surface area contributed by atoms with Crippen LogP contribution in [0.3, 0.4) is 0 Å². The molecule has 1 fully saturated rings. The van der Waals surface area contributed by atoms with Crippen LogP contribution >= 0.6 is 11.3 Å². The van der Waals surface area contributed by atoms with Gasteiger partial charge in [0.1, 0.15) is 28.0 Å². The molecule has 0 atom stereocenters. The van der Waals surface area contributed by atoms with Crippen molar-refractivity contribution >= 4 is 28.8 Å². The van der Waals surface area contributed by atoms with E-state index in [2.05, 4.69) is 15.5 Å². The standard InChI is InChI=1S/C21H17F3N4O2S/c22-13-4-6-14(7-5-13)25-18(29)20-27-26-19(31-20)12-8-10-28(11-9-12)21(30)17-15(23)2-1-3-16(17)24/h1-7,12H,8-11H2,(H,25,29). The maximum atomic E-state index is 13.9. The molecule has 160 valence electrons. The number of rotatable bonds is 4. The molecule has 1 N–H and O–H groups in total. The third-order valence-electron chi connectivity index (χ3n) is 5.05. The fraction of sp³-hybridized carbons (Fsp3) is 0.238. The number of piperidine rings is 1. The molecule has 2 aromatic carbocycles. The molecular formula is C21H17F3N4O2S. The number of nitrogens with zero attached hydrogens (tertiary/aromatic N) is 3. The third kappa shape index (κ3) is 4.58. The number of likely N-dealkylation sites (tertiary alicyclic amines) is 1. The average Bonchev–Trinajstić information content (AvgIpc) is 3.26. The molecule has 0 aliphatic carbocycles. The molecule has 0 bridgehead atoms. The second kappa shape index (κ2) is 8.84. The quantitative estimate of drug-likeness (QED) is 0.651. The van der Waals surface area contributed by atoms with Gasteiger partial charge in [-0.2, -0.15) is 0 Å². The Morgan fingerprint density at radius 3 is 2.26 bits per heavy atom. The third-order valence-corrected chi connectivity index (χ3v) is 6.13. The average molecular weight is 446 g/mol. The number of nitrogens with one attached hydrogen (secondary N) is 1. The minimum Gasteiger partial charge on any atom is -0.338 e. The van der Waals surface area contributed by atoms with E-state index in [9.17, 15) is 22.8 Å². The molecule has 0 saturated carbocycles. The van der Waals surface area contributed by atoms with E-state index in [1.54, 1.807) is 0 Å². The van der Waals surface area contributed by atoms with Gasteiger partial charge in [0.15, 0.2) is 0 Å². The number of anilines is 1. The largest absolute Gasteiger partial charge is 0.338 e. The molecular weight excluding hydrogens is 429 g/mol. The van der Waals surface area contributed by atoms with Gasteiger partial charge in [-0.05, 0) is 49.2 Å². The van der Waals surface area contributed by atoms with Crippen molar-refractivity contribution in [1.82, 2.24) is 15.1 Å². The number of carbonyl (C=O) groups is 2. The molecule has 3 aromatic rings. The van der Waals surface area contributed by atoms with Gasteiger partial charge in [0, 0.05) is 24.7 Å². The lowest BCUT2D eigenvalue weighted by Crippen LogP contribution is -2.38. The van der Waals surface area contributed by atoms with E-state index in [4.69, 9.17) is 0 Å². The zero-order valence-electron chi connectivity index (χ0n) is 16.1. The number of aromatic nitrogens is 2. The summed E-state index contributed by atoms with van der Waals surface area (Å²) in [6.45, 7) is 0.627. The molecule has 0 radical (unpaired) electrons. The van der Waals surface area contributed by atoms with E-state index in [1.807, 2.05) is 0 Å². The fourth-order valence-corrected chi connectivity index (χ4v) is 4.31. The zero-order chi connectivity index (χ0) is 22.0. The van der Waals surface area contributed by atoms with Crippen molar-refractivity contribution in [1.29, 1.82) is 0 Å². The van der Waals surface area contributed by atoms with E-state index in [-0.39, 0.29) is 10.9 Å². The van der Waals surface area contributed by atoms with Crippen molar-refractivity contribution < 1.29 is 22.8 Å². The van der Waals surface area contributed by atoms with E-state index < -0.39 is 34.8 Å². The van der Waals surface area contributed by atoms with Crippen molar-refractivity contribution in [2.45, 2.75) is 18.8 Å². The van der Waals surface area contributed by atoms with Crippen molar-refractivity contribution in [2.24, 2.45) is 0 Å². The lowest BCUT2D eigenvalue weighted by atomic mass is 9.97. The minimum absolute atomic E-state index is 0.0145. The second-order valence-corrected chi connectivity index (χ2v) is 8.08. The minimum atomic E-state index is -0.881. The number of benzene rings is 2. The monoisotopic (exact) mass is 446 g/mol. The molecule has 1 aromatic heterocycles. The molecule has 0 spiro atoms. The SMILES string of the molecule is O=C(Nc1ccc(F)cc1)c1nnc(C2CCN(C(=O)c3c(F)cccc3F)CC2)s1. The highest BCUT2D eigenvalue weighted by atomic mass is 32.1.